The number of nitrogens with zero attached hydrogens (tertiary/aromatic N) is 3. The van der Waals surface area contributed by atoms with Crippen molar-refractivity contribution in [1.29, 1.82) is 0 Å². The van der Waals surface area contributed by atoms with Gasteiger partial charge >= 0.3 is 0 Å². The van der Waals surface area contributed by atoms with Gasteiger partial charge in [0.05, 0.1) is 18.2 Å². The van der Waals surface area contributed by atoms with E-state index in [0.717, 1.165) is 73.0 Å². The van der Waals surface area contributed by atoms with Gasteiger partial charge in [0.1, 0.15) is 11.8 Å². The molecular formula is C40H47N5O5S. The molecule has 2 aliphatic heterocycles. The number of carbonyl (C=O) groups is 2. The quantitative estimate of drug-likeness (QED) is 0.323. The molecule has 5 aliphatic rings. The summed E-state index contributed by atoms with van der Waals surface area (Å²) < 4.78 is 34.5. The van der Waals surface area contributed by atoms with Crippen molar-refractivity contribution < 1.29 is 22.7 Å². The normalized spacial score (nSPS) is 25.3. The maximum atomic E-state index is 15.5. The van der Waals surface area contributed by atoms with Crippen molar-refractivity contribution in [1.82, 2.24) is 19.1 Å². The van der Waals surface area contributed by atoms with E-state index in [9.17, 15) is 13.2 Å². The molecule has 0 radical (unpaired) electrons. The third kappa shape index (κ3) is 6.02. The molecule has 0 bridgehead atoms. The number of hydrogen-bond donors (Lipinski definition) is 2. The molecule has 4 atom stereocenters. The summed E-state index contributed by atoms with van der Waals surface area (Å²) in [5.74, 6) is 0.123. The largest absolute Gasteiger partial charge is 0.496 e. The fourth-order valence-electron chi connectivity index (χ4n) is 9.67. The molecule has 2 fully saturated rings. The first-order valence-electron chi connectivity index (χ1n) is 18.4. The van der Waals surface area contributed by atoms with Gasteiger partial charge in [0, 0.05) is 54.3 Å². The van der Waals surface area contributed by atoms with Gasteiger partial charge in [0.2, 0.25) is 0 Å². The summed E-state index contributed by atoms with van der Waals surface area (Å²) in [4.78, 5) is 33.7. The number of hydrogen-bond acceptors (Lipinski definition) is 6. The molecule has 3 aromatic rings. The summed E-state index contributed by atoms with van der Waals surface area (Å²) in [7, 11) is -2.65. The van der Waals surface area contributed by atoms with E-state index in [1.807, 2.05) is 15.7 Å². The Labute approximate surface area is 300 Å². The number of ether oxygens (including phenoxy) is 1. The molecule has 268 valence electrons. The minimum atomic E-state index is -4.33. The topological polar surface area (TPSA) is 127 Å². The van der Waals surface area contributed by atoms with Crippen LogP contribution in [0.3, 0.4) is 0 Å². The van der Waals surface area contributed by atoms with Crippen LogP contribution in [-0.4, -0.2) is 66.9 Å². The van der Waals surface area contributed by atoms with Crippen LogP contribution in [0.2, 0.25) is 0 Å². The van der Waals surface area contributed by atoms with E-state index in [1.165, 1.54) is 17.5 Å². The molecular weight excluding hydrogens is 663 g/mol. The van der Waals surface area contributed by atoms with E-state index in [2.05, 4.69) is 77.9 Å². The van der Waals surface area contributed by atoms with Crippen LogP contribution in [0.4, 0.5) is 0 Å². The van der Waals surface area contributed by atoms with Crippen LogP contribution in [0.15, 0.2) is 83.0 Å². The fourth-order valence-corrected chi connectivity index (χ4v) is 10.0. The maximum Gasteiger partial charge on any atom is 0.298 e. The number of nitrogens with one attached hydrogen (secondary N) is 1. The van der Waals surface area contributed by atoms with Crippen molar-refractivity contribution in [3.05, 3.63) is 99.8 Å². The van der Waals surface area contributed by atoms with Crippen LogP contribution in [0.1, 0.15) is 93.5 Å². The van der Waals surface area contributed by atoms with Crippen molar-refractivity contribution in [3.63, 3.8) is 0 Å². The molecule has 3 N–H and O–H groups in total. The summed E-state index contributed by atoms with van der Waals surface area (Å²) in [6.45, 7) is 6.41. The van der Waals surface area contributed by atoms with Gasteiger partial charge in [-0.05, 0) is 79.9 Å². The van der Waals surface area contributed by atoms with E-state index >= 15 is 4.79 Å². The average molecular weight is 710 g/mol. The highest BCUT2D eigenvalue weighted by Crippen LogP contribution is 2.58. The SMILES string of the molecule is COc1ccc(C2CCCCC2)c2c1cc1n2C(C(=O)N2[C@H](C)CN(Cc3ccccc3)C[C@@H]2C)C2=C(C(=O)NS(N)(=O)=O)C2=C2C=CCCC21. The first-order chi connectivity index (χ1) is 24.6. The fraction of sp³-hybridized carbons (Fsp3) is 0.450. The number of methoxy groups -OCH3 is 1. The van der Waals surface area contributed by atoms with Gasteiger partial charge in [0.25, 0.3) is 22.0 Å². The second-order valence-electron chi connectivity index (χ2n) is 15.0. The number of piperazine rings is 1. The lowest BCUT2D eigenvalue weighted by Gasteiger charge is -2.46. The number of carbonyl (C=O) groups excluding carboxylic acids is 2. The maximum absolute atomic E-state index is 15.5. The van der Waals surface area contributed by atoms with Crippen LogP contribution in [-0.2, 0) is 26.3 Å². The zero-order chi connectivity index (χ0) is 35.6. The Hall–Kier alpha value is -4.19. The lowest BCUT2D eigenvalue weighted by Crippen LogP contribution is -2.59. The Balaban J connectivity index is 1.31. The van der Waals surface area contributed by atoms with E-state index in [4.69, 9.17) is 9.88 Å². The van der Waals surface area contributed by atoms with Crippen molar-refractivity contribution in [3.8, 4) is 5.75 Å². The highest BCUT2D eigenvalue weighted by atomic mass is 32.2. The van der Waals surface area contributed by atoms with Crippen LogP contribution in [0, 0.1) is 0 Å². The summed E-state index contributed by atoms with van der Waals surface area (Å²) in [5.41, 5.74) is 6.94. The molecule has 2 aromatic carbocycles. The smallest absolute Gasteiger partial charge is 0.298 e. The minimum absolute atomic E-state index is 0.0837. The monoisotopic (exact) mass is 709 g/mol. The number of fused-ring (bicyclic) bond motifs is 6. The zero-order valence-corrected chi connectivity index (χ0v) is 30.4. The first-order valence-corrected chi connectivity index (χ1v) is 19.9. The summed E-state index contributed by atoms with van der Waals surface area (Å²) in [6, 6.07) is 15.8. The predicted molar refractivity (Wildman–Crippen MR) is 197 cm³/mol. The summed E-state index contributed by atoms with van der Waals surface area (Å²) in [6.07, 6.45) is 11.5. The van der Waals surface area contributed by atoms with Crippen LogP contribution >= 0.6 is 0 Å². The molecule has 51 heavy (non-hydrogen) atoms. The van der Waals surface area contributed by atoms with Crippen molar-refractivity contribution >= 4 is 32.9 Å². The van der Waals surface area contributed by atoms with E-state index < -0.39 is 22.2 Å². The lowest BCUT2D eigenvalue weighted by molar-refractivity contribution is -0.141. The molecule has 11 heteroatoms. The number of benzene rings is 2. The highest BCUT2D eigenvalue weighted by Gasteiger charge is 2.53. The van der Waals surface area contributed by atoms with Gasteiger partial charge in [0.15, 0.2) is 0 Å². The average Bonchev–Trinajstić information content (AvgIpc) is 3.74. The lowest BCUT2D eigenvalue weighted by atomic mass is 9.83. The van der Waals surface area contributed by atoms with Gasteiger partial charge in [-0.2, -0.15) is 8.42 Å². The Morgan fingerprint density at radius 3 is 2.39 bits per heavy atom. The van der Waals surface area contributed by atoms with Crippen molar-refractivity contribution in [2.24, 2.45) is 5.14 Å². The molecule has 10 nitrogen and oxygen atoms in total. The van der Waals surface area contributed by atoms with E-state index in [-0.39, 0.29) is 29.5 Å². The van der Waals surface area contributed by atoms with Crippen LogP contribution < -0.4 is 14.6 Å². The molecule has 8 rings (SSSR count). The molecule has 1 saturated carbocycles. The Morgan fingerprint density at radius 1 is 0.980 bits per heavy atom. The minimum Gasteiger partial charge on any atom is -0.496 e. The van der Waals surface area contributed by atoms with Gasteiger partial charge in [-0.3, -0.25) is 14.5 Å². The second-order valence-corrected chi connectivity index (χ2v) is 16.3. The molecule has 3 heterocycles. The Bertz CT molecular complexity index is 2100. The predicted octanol–water partition coefficient (Wildman–Crippen LogP) is 5.73. The number of rotatable bonds is 7. The van der Waals surface area contributed by atoms with Gasteiger partial charge in [-0.1, -0.05) is 67.8 Å². The highest BCUT2D eigenvalue weighted by molar-refractivity contribution is 7.87. The first kappa shape index (κ1) is 33.9. The Kier molecular flexibility index (Phi) is 8.71. The molecule has 1 saturated heterocycles. The van der Waals surface area contributed by atoms with Gasteiger partial charge in [-0.15, -0.1) is 0 Å². The second kappa shape index (κ2) is 13.1. The van der Waals surface area contributed by atoms with Crippen LogP contribution in [0.25, 0.3) is 10.9 Å². The van der Waals surface area contributed by atoms with Crippen molar-refractivity contribution in [2.45, 2.75) is 95.3 Å². The van der Waals surface area contributed by atoms with Crippen molar-refractivity contribution in [2.75, 3.05) is 20.2 Å². The van der Waals surface area contributed by atoms with E-state index in [0.29, 0.717) is 30.2 Å². The van der Waals surface area contributed by atoms with Crippen LogP contribution in [0.5, 0.6) is 5.75 Å². The Morgan fingerprint density at radius 2 is 1.71 bits per heavy atom. The third-order valence-corrected chi connectivity index (χ3v) is 12.1. The zero-order valence-electron chi connectivity index (χ0n) is 29.6. The van der Waals surface area contributed by atoms with Gasteiger partial charge in [-0.25, -0.2) is 9.86 Å². The molecule has 2 unspecified atom stereocenters. The number of amides is 2. The molecule has 3 aliphatic carbocycles. The molecule has 0 spiro atoms. The number of nitrogens with two attached hydrogens (primary N) is 1. The standard InChI is InChI=1S/C40H47N5O5S/c1-24-21-43(23-26-12-6-4-7-13-26)22-25(2)44(24)40(47)38-35-34(36(35)39(46)42-51(41,48)49)30-17-11-10-16-29(30)32-20-31-33(50-3)19-18-28(37(31)45(32)38)27-14-8-5-9-15-27/h4,6-7,11-13,17-20,24-25,27,29,38H,5,8-10,14-16,21-23H2,1-3H3,(H,42,46)(H2,41,48,49)/t24-,25+,29?,38?. The third-order valence-electron chi connectivity index (χ3n) is 11.7. The number of aromatic nitrogens is 1. The number of allylic oxidation sites excluding steroid dienone is 3. The van der Waals surface area contributed by atoms with E-state index in [1.54, 1.807) is 7.11 Å². The van der Waals surface area contributed by atoms with Gasteiger partial charge < -0.3 is 14.2 Å². The summed E-state index contributed by atoms with van der Waals surface area (Å²) in [5, 5.41) is 6.30. The summed E-state index contributed by atoms with van der Waals surface area (Å²) >= 11 is 0. The molecule has 2 amide bonds. The molecule has 1 aromatic heterocycles.